The zero-order valence-electron chi connectivity index (χ0n) is 8.72. The summed E-state index contributed by atoms with van der Waals surface area (Å²) in [5.41, 5.74) is 0.741. The smallest absolute Gasteiger partial charge is 0.115 e. The van der Waals surface area contributed by atoms with Crippen molar-refractivity contribution in [2.75, 3.05) is 13.2 Å². The summed E-state index contributed by atoms with van der Waals surface area (Å²) in [6, 6.07) is 6.38. The molecule has 0 bridgehead atoms. The van der Waals surface area contributed by atoms with Crippen molar-refractivity contribution in [1.82, 2.24) is 5.32 Å². The Labute approximate surface area is 89.2 Å². The van der Waals surface area contributed by atoms with E-state index >= 15 is 0 Å². The molecule has 2 atom stereocenters. The normalized spacial score (nSPS) is 14.9. The predicted octanol–water partition coefficient (Wildman–Crippen LogP) is 0.396. The van der Waals surface area contributed by atoms with E-state index in [2.05, 4.69) is 5.32 Å². The fourth-order valence-electron chi connectivity index (χ4n) is 1.19. The van der Waals surface area contributed by atoms with Crippen LogP contribution in [0.1, 0.15) is 18.6 Å². The van der Waals surface area contributed by atoms with Crippen LogP contribution in [0.3, 0.4) is 0 Å². The van der Waals surface area contributed by atoms with E-state index < -0.39 is 6.10 Å². The fraction of sp³-hybridized carbons (Fsp3) is 0.455. The zero-order valence-corrected chi connectivity index (χ0v) is 8.72. The quantitative estimate of drug-likeness (QED) is 0.568. The summed E-state index contributed by atoms with van der Waals surface area (Å²) in [5, 5.41) is 30.6. The first-order valence-corrected chi connectivity index (χ1v) is 4.94. The number of phenols is 1. The Morgan fingerprint density at radius 1 is 1.27 bits per heavy atom. The Morgan fingerprint density at radius 3 is 2.40 bits per heavy atom. The first kappa shape index (κ1) is 12.0. The lowest BCUT2D eigenvalue weighted by molar-refractivity contribution is 0.161. The molecule has 0 spiro atoms. The summed E-state index contributed by atoms with van der Waals surface area (Å²) >= 11 is 0. The molecule has 0 aromatic heterocycles. The average molecular weight is 211 g/mol. The van der Waals surface area contributed by atoms with Crippen LogP contribution in [0.25, 0.3) is 0 Å². The molecule has 0 heterocycles. The van der Waals surface area contributed by atoms with Crippen LogP contribution in [-0.2, 0) is 0 Å². The Morgan fingerprint density at radius 2 is 1.87 bits per heavy atom. The van der Waals surface area contributed by atoms with Gasteiger partial charge < -0.3 is 20.6 Å². The van der Waals surface area contributed by atoms with Crippen LogP contribution in [0.15, 0.2) is 24.3 Å². The number of aromatic hydroxyl groups is 1. The molecule has 15 heavy (non-hydrogen) atoms. The van der Waals surface area contributed by atoms with Crippen LogP contribution in [-0.4, -0.2) is 34.5 Å². The molecular weight excluding hydrogens is 194 g/mol. The van der Waals surface area contributed by atoms with Gasteiger partial charge in [-0.2, -0.15) is 0 Å². The third kappa shape index (κ3) is 3.87. The van der Waals surface area contributed by atoms with Gasteiger partial charge in [-0.05, 0) is 24.6 Å². The molecule has 0 fully saturated rings. The predicted molar refractivity (Wildman–Crippen MR) is 57.6 cm³/mol. The SMILES string of the molecule is CC(CO)NCC(O)c1ccc(O)cc1. The van der Waals surface area contributed by atoms with Crippen LogP contribution < -0.4 is 5.32 Å². The zero-order chi connectivity index (χ0) is 11.3. The molecule has 0 aliphatic heterocycles. The minimum absolute atomic E-state index is 0.0308. The monoisotopic (exact) mass is 211 g/mol. The molecule has 0 amide bonds. The van der Waals surface area contributed by atoms with Crippen LogP contribution >= 0.6 is 0 Å². The Bertz CT molecular complexity index is 286. The maximum absolute atomic E-state index is 9.73. The van der Waals surface area contributed by atoms with Crippen molar-refractivity contribution in [2.24, 2.45) is 0 Å². The van der Waals surface area contributed by atoms with Crippen molar-refractivity contribution < 1.29 is 15.3 Å². The third-order valence-electron chi connectivity index (χ3n) is 2.21. The topological polar surface area (TPSA) is 72.7 Å². The van der Waals surface area contributed by atoms with Gasteiger partial charge in [0.1, 0.15) is 5.75 Å². The number of phenolic OH excluding ortho intramolecular Hbond substituents is 1. The van der Waals surface area contributed by atoms with Gasteiger partial charge in [-0.3, -0.25) is 0 Å². The lowest BCUT2D eigenvalue weighted by atomic mass is 10.1. The van der Waals surface area contributed by atoms with E-state index in [1.807, 2.05) is 6.92 Å². The summed E-state index contributed by atoms with van der Waals surface area (Å²) in [4.78, 5) is 0. The molecule has 0 aliphatic rings. The highest BCUT2D eigenvalue weighted by Gasteiger charge is 2.08. The molecule has 1 rings (SSSR count). The van der Waals surface area contributed by atoms with Crippen molar-refractivity contribution in [1.29, 1.82) is 0 Å². The van der Waals surface area contributed by atoms with Crippen LogP contribution in [0.4, 0.5) is 0 Å². The van der Waals surface area contributed by atoms with Crippen molar-refractivity contribution in [3.05, 3.63) is 29.8 Å². The maximum atomic E-state index is 9.73. The molecule has 84 valence electrons. The van der Waals surface area contributed by atoms with Crippen molar-refractivity contribution in [2.45, 2.75) is 19.1 Å². The largest absolute Gasteiger partial charge is 0.508 e. The molecular formula is C11H17NO3. The van der Waals surface area contributed by atoms with Crippen molar-refractivity contribution in [3.8, 4) is 5.75 Å². The van der Waals surface area contributed by atoms with Gasteiger partial charge in [-0.1, -0.05) is 12.1 Å². The molecule has 0 saturated carbocycles. The second-order valence-corrected chi connectivity index (χ2v) is 3.60. The minimum atomic E-state index is -0.625. The highest BCUT2D eigenvalue weighted by molar-refractivity contribution is 5.27. The molecule has 2 unspecified atom stereocenters. The Hall–Kier alpha value is -1.10. The minimum Gasteiger partial charge on any atom is -0.508 e. The standard InChI is InChI=1S/C11H17NO3/c1-8(7-13)12-6-11(15)9-2-4-10(14)5-3-9/h2-5,8,11-15H,6-7H2,1H3. The van der Waals surface area contributed by atoms with E-state index in [0.29, 0.717) is 6.54 Å². The van der Waals surface area contributed by atoms with Gasteiger partial charge >= 0.3 is 0 Å². The molecule has 4 N–H and O–H groups in total. The van der Waals surface area contributed by atoms with E-state index in [4.69, 9.17) is 10.2 Å². The summed E-state index contributed by atoms with van der Waals surface area (Å²) < 4.78 is 0. The first-order chi connectivity index (χ1) is 7.13. The number of hydrogen-bond acceptors (Lipinski definition) is 4. The van der Waals surface area contributed by atoms with Crippen molar-refractivity contribution in [3.63, 3.8) is 0 Å². The van der Waals surface area contributed by atoms with Crippen LogP contribution in [0.2, 0.25) is 0 Å². The molecule has 0 saturated heterocycles. The average Bonchev–Trinajstić information content (AvgIpc) is 2.26. The summed E-state index contributed by atoms with van der Waals surface area (Å²) in [5.74, 6) is 0.183. The van der Waals surface area contributed by atoms with Gasteiger partial charge in [0.05, 0.1) is 12.7 Å². The molecule has 4 heteroatoms. The molecule has 1 aromatic carbocycles. The number of aliphatic hydroxyl groups is 2. The maximum Gasteiger partial charge on any atom is 0.115 e. The second kappa shape index (κ2) is 5.70. The number of rotatable bonds is 5. The van der Waals surface area contributed by atoms with Gasteiger partial charge in [0.2, 0.25) is 0 Å². The van der Waals surface area contributed by atoms with E-state index in [-0.39, 0.29) is 18.4 Å². The number of nitrogens with one attached hydrogen (secondary N) is 1. The van der Waals surface area contributed by atoms with Gasteiger partial charge in [0.25, 0.3) is 0 Å². The van der Waals surface area contributed by atoms with E-state index in [1.165, 1.54) is 12.1 Å². The van der Waals surface area contributed by atoms with Crippen LogP contribution in [0.5, 0.6) is 5.75 Å². The van der Waals surface area contributed by atoms with Crippen molar-refractivity contribution >= 4 is 0 Å². The first-order valence-electron chi connectivity index (χ1n) is 4.94. The number of benzene rings is 1. The molecule has 4 nitrogen and oxygen atoms in total. The fourth-order valence-corrected chi connectivity index (χ4v) is 1.19. The van der Waals surface area contributed by atoms with Gasteiger partial charge in [0.15, 0.2) is 0 Å². The van der Waals surface area contributed by atoms with E-state index in [9.17, 15) is 5.11 Å². The Kier molecular flexibility index (Phi) is 4.55. The highest BCUT2D eigenvalue weighted by Crippen LogP contribution is 2.15. The van der Waals surface area contributed by atoms with Gasteiger partial charge in [-0.15, -0.1) is 0 Å². The van der Waals surface area contributed by atoms with E-state index in [0.717, 1.165) is 5.56 Å². The summed E-state index contributed by atoms with van der Waals surface area (Å²) in [7, 11) is 0. The lowest BCUT2D eigenvalue weighted by Gasteiger charge is -2.15. The van der Waals surface area contributed by atoms with Crippen LogP contribution in [0, 0.1) is 0 Å². The molecule has 0 radical (unpaired) electrons. The summed E-state index contributed by atoms with van der Waals surface area (Å²) in [6.07, 6.45) is -0.625. The van der Waals surface area contributed by atoms with Gasteiger partial charge in [0, 0.05) is 12.6 Å². The molecule has 0 aliphatic carbocycles. The lowest BCUT2D eigenvalue weighted by Crippen LogP contribution is -2.32. The highest BCUT2D eigenvalue weighted by atomic mass is 16.3. The third-order valence-corrected chi connectivity index (χ3v) is 2.21. The molecule has 1 aromatic rings. The summed E-state index contributed by atoms with van der Waals surface area (Å²) in [6.45, 7) is 2.26. The Balaban J connectivity index is 2.46. The van der Waals surface area contributed by atoms with E-state index in [1.54, 1.807) is 12.1 Å². The number of hydrogen-bond donors (Lipinski definition) is 4. The number of aliphatic hydroxyl groups excluding tert-OH is 2. The van der Waals surface area contributed by atoms with Gasteiger partial charge in [-0.25, -0.2) is 0 Å². The second-order valence-electron chi connectivity index (χ2n) is 3.60.